The molecule has 0 aromatic heterocycles. The maximum atomic E-state index is 7.01. The van der Waals surface area contributed by atoms with Gasteiger partial charge in [0.25, 0.3) is 0 Å². The second-order valence-electron chi connectivity index (χ2n) is 7.53. The van der Waals surface area contributed by atoms with Crippen molar-refractivity contribution in [3.05, 3.63) is 29.3 Å². The highest BCUT2D eigenvalue weighted by Crippen LogP contribution is 2.55. The second kappa shape index (κ2) is 5.83. The Morgan fingerprint density at radius 1 is 1.29 bits per heavy atom. The molecule has 1 heterocycles. The molecule has 0 amide bonds. The van der Waals surface area contributed by atoms with Crippen molar-refractivity contribution < 1.29 is 4.74 Å². The van der Waals surface area contributed by atoms with Crippen LogP contribution >= 0.6 is 11.6 Å². The largest absolute Gasteiger partial charge is 0.490 e. The maximum absolute atomic E-state index is 7.01. The van der Waals surface area contributed by atoms with Gasteiger partial charge in [0, 0.05) is 6.42 Å². The zero-order valence-electron chi connectivity index (χ0n) is 13.5. The SMILES string of the molecule is CC(C)CC1(C(Cl)c2ccc3c(c2)CC(C)O3)CCCC1. The first-order valence-electron chi connectivity index (χ1n) is 8.44. The number of alkyl halides is 1. The molecule has 1 aromatic rings. The van der Waals surface area contributed by atoms with E-state index in [9.17, 15) is 0 Å². The summed E-state index contributed by atoms with van der Waals surface area (Å²) < 4.78 is 5.81. The summed E-state index contributed by atoms with van der Waals surface area (Å²) >= 11 is 7.01. The average molecular weight is 307 g/mol. The van der Waals surface area contributed by atoms with Crippen LogP contribution in [-0.2, 0) is 6.42 Å². The molecule has 1 aliphatic heterocycles. The molecular formula is C19H27ClO. The first-order valence-corrected chi connectivity index (χ1v) is 8.87. The van der Waals surface area contributed by atoms with Crippen molar-refractivity contribution in [1.29, 1.82) is 0 Å². The Balaban J connectivity index is 1.87. The van der Waals surface area contributed by atoms with E-state index in [4.69, 9.17) is 16.3 Å². The molecule has 1 saturated carbocycles. The van der Waals surface area contributed by atoms with Crippen LogP contribution in [0.15, 0.2) is 18.2 Å². The quantitative estimate of drug-likeness (QED) is 0.630. The van der Waals surface area contributed by atoms with Crippen LogP contribution in [0.25, 0.3) is 0 Å². The molecule has 0 N–H and O–H groups in total. The lowest BCUT2D eigenvalue weighted by atomic mass is 9.73. The lowest BCUT2D eigenvalue weighted by molar-refractivity contribution is 0.223. The first kappa shape index (κ1) is 15.2. The fourth-order valence-corrected chi connectivity index (χ4v) is 4.85. The van der Waals surface area contributed by atoms with Gasteiger partial charge in [-0.05, 0) is 54.7 Å². The number of ether oxygens (including phenoxy) is 1. The number of halogens is 1. The van der Waals surface area contributed by atoms with Crippen LogP contribution in [0.3, 0.4) is 0 Å². The van der Waals surface area contributed by atoms with Gasteiger partial charge < -0.3 is 4.74 Å². The highest BCUT2D eigenvalue weighted by Gasteiger charge is 2.41. The molecule has 21 heavy (non-hydrogen) atoms. The Morgan fingerprint density at radius 3 is 2.67 bits per heavy atom. The lowest BCUT2D eigenvalue weighted by Gasteiger charge is -2.36. The van der Waals surface area contributed by atoms with E-state index < -0.39 is 0 Å². The van der Waals surface area contributed by atoms with Crippen LogP contribution in [-0.4, -0.2) is 6.10 Å². The Morgan fingerprint density at radius 2 is 2.00 bits per heavy atom. The summed E-state index contributed by atoms with van der Waals surface area (Å²) in [7, 11) is 0. The molecule has 3 rings (SSSR count). The van der Waals surface area contributed by atoms with E-state index in [1.54, 1.807) is 0 Å². The molecule has 0 radical (unpaired) electrons. The van der Waals surface area contributed by atoms with Gasteiger partial charge in [-0.1, -0.05) is 38.8 Å². The Hall–Kier alpha value is -0.690. The maximum Gasteiger partial charge on any atom is 0.123 e. The van der Waals surface area contributed by atoms with Crippen LogP contribution in [0.5, 0.6) is 5.75 Å². The molecule has 1 fully saturated rings. The number of fused-ring (bicyclic) bond motifs is 1. The zero-order valence-corrected chi connectivity index (χ0v) is 14.2. The minimum atomic E-state index is 0.142. The molecule has 2 atom stereocenters. The molecule has 0 saturated heterocycles. The van der Waals surface area contributed by atoms with Crippen molar-refractivity contribution >= 4 is 11.6 Å². The van der Waals surface area contributed by atoms with Gasteiger partial charge in [-0.15, -0.1) is 11.6 Å². The van der Waals surface area contributed by atoms with Crippen molar-refractivity contribution in [1.82, 2.24) is 0 Å². The van der Waals surface area contributed by atoms with Crippen LogP contribution in [0.4, 0.5) is 0 Å². The van der Waals surface area contributed by atoms with E-state index in [0.717, 1.165) is 12.2 Å². The summed E-state index contributed by atoms with van der Waals surface area (Å²) in [5, 5.41) is 0.142. The van der Waals surface area contributed by atoms with Crippen LogP contribution < -0.4 is 4.74 Å². The molecular weight excluding hydrogens is 280 g/mol. The van der Waals surface area contributed by atoms with Gasteiger partial charge in [0.15, 0.2) is 0 Å². The topological polar surface area (TPSA) is 9.23 Å². The van der Waals surface area contributed by atoms with E-state index in [1.807, 2.05) is 0 Å². The summed E-state index contributed by atoms with van der Waals surface area (Å²) in [5.41, 5.74) is 2.94. The smallest absolute Gasteiger partial charge is 0.123 e. The predicted molar refractivity (Wildman–Crippen MR) is 89.2 cm³/mol. The summed E-state index contributed by atoms with van der Waals surface area (Å²) in [6.07, 6.45) is 7.80. The molecule has 1 nitrogen and oxygen atoms in total. The summed E-state index contributed by atoms with van der Waals surface area (Å²) in [6.45, 7) is 6.78. The van der Waals surface area contributed by atoms with Crippen LogP contribution in [0, 0.1) is 11.3 Å². The third-order valence-electron chi connectivity index (χ3n) is 5.16. The molecule has 0 spiro atoms. The first-order chi connectivity index (χ1) is 10.00. The lowest BCUT2D eigenvalue weighted by Crippen LogP contribution is -2.24. The van der Waals surface area contributed by atoms with E-state index in [0.29, 0.717) is 17.4 Å². The fraction of sp³-hybridized carbons (Fsp3) is 0.684. The van der Waals surface area contributed by atoms with Gasteiger partial charge in [0.1, 0.15) is 11.9 Å². The van der Waals surface area contributed by atoms with E-state index >= 15 is 0 Å². The molecule has 2 heteroatoms. The van der Waals surface area contributed by atoms with Gasteiger partial charge in [-0.3, -0.25) is 0 Å². The van der Waals surface area contributed by atoms with E-state index in [-0.39, 0.29) is 5.38 Å². The number of hydrogen-bond donors (Lipinski definition) is 0. The molecule has 0 bridgehead atoms. The van der Waals surface area contributed by atoms with Crippen molar-refractivity contribution in [3.63, 3.8) is 0 Å². The summed E-state index contributed by atoms with van der Waals surface area (Å²) in [5.74, 6) is 1.77. The molecule has 2 unspecified atom stereocenters. The van der Waals surface area contributed by atoms with E-state index in [2.05, 4.69) is 39.0 Å². The van der Waals surface area contributed by atoms with Gasteiger partial charge in [-0.25, -0.2) is 0 Å². The fourth-order valence-electron chi connectivity index (χ4n) is 4.41. The highest BCUT2D eigenvalue weighted by molar-refractivity contribution is 6.21. The minimum absolute atomic E-state index is 0.142. The van der Waals surface area contributed by atoms with Crippen molar-refractivity contribution in [2.75, 3.05) is 0 Å². The standard InChI is InChI=1S/C19H27ClO/c1-13(2)12-19(8-4-5-9-19)18(20)15-6-7-17-16(11-15)10-14(3)21-17/h6-7,11,13-14,18H,4-5,8-10,12H2,1-3H3. The third-order valence-corrected chi connectivity index (χ3v) is 5.88. The number of rotatable bonds is 4. The van der Waals surface area contributed by atoms with Gasteiger partial charge in [-0.2, -0.15) is 0 Å². The van der Waals surface area contributed by atoms with Gasteiger partial charge in [0.05, 0.1) is 5.38 Å². The third kappa shape index (κ3) is 2.95. The minimum Gasteiger partial charge on any atom is -0.490 e. The molecule has 116 valence electrons. The Kier molecular flexibility index (Phi) is 4.23. The monoisotopic (exact) mass is 306 g/mol. The number of hydrogen-bond acceptors (Lipinski definition) is 1. The normalized spacial score (nSPS) is 24.9. The van der Waals surface area contributed by atoms with Gasteiger partial charge >= 0.3 is 0 Å². The Bertz CT molecular complexity index is 502. The van der Waals surface area contributed by atoms with Crippen molar-refractivity contribution in [2.45, 2.75) is 70.8 Å². The highest BCUT2D eigenvalue weighted by atomic mass is 35.5. The molecule has 1 aliphatic carbocycles. The predicted octanol–water partition coefficient (Wildman–Crippen LogP) is 5.90. The summed E-state index contributed by atoms with van der Waals surface area (Å²) in [6, 6.07) is 6.62. The molecule has 1 aromatic carbocycles. The van der Waals surface area contributed by atoms with Crippen molar-refractivity contribution in [3.8, 4) is 5.75 Å². The zero-order chi connectivity index (χ0) is 15.0. The van der Waals surface area contributed by atoms with Crippen LogP contribution in [0.2, 0.25) is 0 Å². The van der Waals surface area contributed by atoms with E-state index in [1.165, 1.54) is 43.2 Å². The number of benzene rings is 1. The second-order valence-corrected chi connectivity index (χ2v) is 7.97. The average Bonchev–Trinajstić information content (AvgIpc) is 3.02. The van der Waals surface area contributed by atoms with Crippen molar-refractivity contribution in [2.24, 2.45) is 11.3 Å². The van der Waals surface area contributed by atoms with Gasteiger partial charge in [0.2, 0.25) is 0 Å². The summed E-state index contributed by atoms with van der Waals surface area (Å²) in [4.78, 5) is 0. The Labute approximate surface area is 134 Å². The van der Waals surface area contributed by atoms with Crippen LogP contribution in [0.1, 0.15) is 69.4 Å². The molecule has 2 aliphatic rings.